The number of thiophene rings is 1. The number of aryl methyl sites for hydroxylation is 1. The van der Waals surface area contributed by atoms with Crippen LogP contribution in [-0.2, 0) is 13.0 Å². The maximum atomic E-state index is 11.7. The third-order valence-electron chi connectivity index (χ3n) is 3.16. The first-order valence-electron chi connectivity index (χ1n) is 7.09. The van der Waals surface area contributed by atoms with Crippen LogP contribution in [0.25, 0.3) is 0 Å². The van der Waals surface area contributed by atoms with Crippen LogP contribution in [0.5, 0.6) is 11.5 Å². The fourth-order valence-corrected chi connectivity index (χ4v) is 2.75. The van der Waals surface area contributed by atoms with Gasteiger partial charge in [-0.15, -0.1) is 11.3 Å². The Kier molecular flexibility index (Phi) is 6.09. The van der Waals surface area contributed by atoms with Gasteiger partial charge in [-0.05, 0) is 42.0 Å². The van der Waals surface area contributed by atoms with E-state index in [1.54, 1.807) is 29.5 Å². The van der Waals surface area contributed by atoms with Crippen molar-refractivity contribution >= 4 is 17.4 Å². The van der Waals surface area contributed by atoms with Crippen LogP contribution in [0.3, 0.4) is 0 Å². The molecule has 0 fully saturated rings. The normalized spacial score (nSPS) is 10.2. The van der Waals surface area contributed by atoms with E-state index >= 15 is 0 Å². The number of benzene rings is 1. The van der Waals surface area contributed by atoms with E-state index in [-0.39, 0.29) is 11.8 Å². The molecule has 0 saturated heterocycles. The predicted molar refractivity (Wildman–Crippen MR) is 87.5 cm³/mol. The molecule has 1 aromatic heterocycles. The van der Waals surface area contributed by atoms with Gasteiger partial charge in [0.25, 0.3) is 0 Å². The van der Waals surface area contributed by atoms with E-state index in [9.17, 15) is 9.90 Å². The summed E-state index contributed by atoms with van der Waals surface area (Å²) >= 11 is 1.73. The molecule has 0 unspecified atom stereocenters. The van der Waals surface area contributed by atoms with E-state index < -0.39 is 0 Å². The van der Waals surface area contributed by atoms with Crippen LogP contribution in [0.15, 0.2) is 35.7 Å². The number of urea groups is 1. The van der Waals surface area contributed by atoms with E-state index in [4.69, 9.17) is 4.74 Å². The van der Waals surface area contributed by atoms with Gasteiger partial charge in [0.05, 0.1) is 7.11 Å². The van der Waals surface area contributed by atoms with Crippen molar-refractivity contribution in [2.45, 2.75) is 19.4 Å². The predicted octanol–water partition coefficient (Wildman–Crippen LogP) is 2.89. The Bertz CT molecular complexity index is 599. The first-order valence-corrected chi connectivity index (χ1v) is 7.97. The van der Waals surface area contributed by atoms with E-state index in [0.717, 1.165) is 18.4 Å². The number of nitrogens with one attached hydrogen (secondary N) is 2. The van der Waals surface area contributed by atoms with Crippen molar-refractivity contribution in [3.05, 3.63) is 46.2 Å². The summed E-state index contributed by atoms with van der Waals surface area (Å²) in [7, 11) is 1.49. The number of phenolic OH excluding ortho intramolecular Hbond substituents is 1. The molecule has 6 heteroatoms. The van der Waals surface area contributed by atoms with Gasteiger partial charge in [-0.1, -0.05) is 12.1 Å². The summed E-state index contributed by atoms with van der Waals surface area (Å²) in [5, 5.41) is 17.2. The molecule has 5 nitrogen and oxygen atoms in total. The Balaban J connectivity index is 1.67. The van der Waals surface area contributed by atoms with Gasteiger partial charge in [0, 0.05) is 18.0 Å². The van der Waals surface area contributed by atoms with E-state index in [1.807, 2.05) is 6.07 Å². The maximum Gasteiger partial charge on any atom is 0.315 e. The molecule has 3 N–H and O–H groups in total. The lowest BCUT2D eigenvalue weighted by molar-refractivity contribution is 0.240. The van der Waals surface area contributed by atoms with Gasteiger partial charge < -0.3 is 20.5 Å². The second-order valence-electron chi connectivity index (χ2n) is 4.80. The fourth-order valence-electron chi connectivity index (χ4n) is 2.00. The van der Waals surface area contributed by atoms with Crippen LogP contribution < -0.4 is 15.4 Å². The minimum atomic E-state index is -0.196. The van der Waals surface area contributed by atoms with Crippen LogP contribution in [0, 0.1) is 0 Å². The second-order valence-corrected chi connectivity index (χ2v) is 5.83. The molecule has 22 heavy (non-hydrogen) atoms. The van der Waals surface area contributed by atoms with Gasteiger partial charge in [0.15, 0.2) is 11.5 Å². The van der Waals surface area contributed by atoms with Gasteiger partial charge in [-0.2, -0.15) is 0 Å². The lowest BCUT2D eigenvalue weighted by Gasteiger charge is -2.09. The Labute approximate surface area is 133 Å². The van der Waals surface area contributed by atoms with E-state index in [2.05, 4.69) is 22.1 Å². The average molecular weight is 320 g/mol. The minimum absolute atomic E-state index is 0.0873. The third-order valence-corrected chi connectivity index (χ3v) is 4.10. The molecule has 2 amide bonds. The maximum absolute atomic E-state index is 11.7. The smallest absolute Gasteiger partial charge is 0.315 e. The molecule has 1 heterocycles. The van der Waals surface area contributed by atoms with Crippen molar-refractivity contribution in [1.82, 2.24) is 10.6 Å². The number of carbonyl (C=O) groups is 1. The number of amides is 2. The minimum Gasteiger partial charge on any atom is -0.504 e. The van der Waals surface area contributed by atoms with Crippen molar-refractivity contribution in [2.75, 3.05) is 13.7 Å². The standard InChI is InChI=1S/C16H20N2O3S/c1-21-15-10-12(6-7-14(15)19)11-18-16(20)17-8-2-4-13-5-3-9-22-13/h3,5-7,9-10,19H,2,4,8,11H2,1H3,(H2,17,18,20). The molecule has 0 saturated carbocycles. The van der Waals surface area contributed by atoms with Crippen molar-refractivity contribution < 1.29 is 14.6 Å². The number of rotatable bonds is 7. The van der Waals surface area contributed by atoms with Crippen LogP contribution in [0.1, 0.15) is 16.9 Å². The summed E-state index contributed by atoms with van der Waals surface area (Å²) in [6, 6.07) is 8.93. The van der Waals surface area contributed by atoms with E-state index in [0.29, 0.717) is 18.8 Å². The number of ether oxygens (including phenoxy) is 1. The molecule has 0 bridgehead atoms. The van der Waals surface area contributed by atoms with Gasteiger partial charge in [0.2, 0.25) is 0 Å². The van der Waals surface area contributed by atoms with E-state index in [1.165, 1.54) is 12.0 Å². The number of phenols is 1. The largest absolute Gasteiger partial charge is 0.504 e. The summed E-state index contributed by atoms with van der Waals surface area (Å²) in [5.74, 6) is 0.486. The Morgan fingerprint density at radius 3 is 2.91 bits per heavy atom. The molecule has 0 radical (unpaired) electrons. The number of methoxy groups -OCH3 is 1. The second kappa shape index (κ2) is 8.29. The highest BCUT2D eigenvalue weighted by atomic mass is 32.1. The quantitative estimate of drug-likeness (QED) is 0.687. The average Bonchev–Trinajstić information content (AvgIpc) is 3.04. The zero-order chi connectivity index (χ0) is 15.8. The van der Waals surface area contributed by atoms with Crippen molar-refractivity contribution in [3.8, 4) is 11.5 Å². The number of hydrogen-bond acceptors (Lipinski definition) is 4. The fraction of sp³-hybridized carbons (Fsp3) is 0.312. The molecular formula is C16H20N2O3S. The molecule has 118 valence electrons. The Hall–Kier alpha value is -2.21. The van der Waals surface area contributed by atoms with Crippen molar-refractivity contribution in [1.29, 1.82) is 0 Å². The number of carbonyl (C=O) groups excluding carboxylic acids is 1. The van der Waals surface area contributed by atoms with Crippen molar-refractivity contribution in [2.24, 2.45) is 0 Å². The summed E-state index contributed by atoms with van der Waals surface area (Å²) in [6.07, 6.45) is 1.90. The first-order chi connectivity index (χ1) is 10.7. The van der Waals surface area contributed by atoms with Gasteiger partial charge in [0.1, 0.15) is 0 Å². The molecule has 0 atom stereocenters. The lowest BCUT2D eigenvalue weighted by atomic mass is 10.2. The molecule has 1 aromatic carbocycles. The molecule has 0 aliphatic rings. The number of aromatic hydroxyl groups is 1. The zero-order valence-electron chi connectivity index (χ0n) is 12.5. The third kappa shape index (κ3) is 4.96. The molecule has 2 aromatic rings. The number of hydrogen-bond donors (Lipinski definition) is 3. The summed E-state index contributed by atoms with van der Waals surface area (Å²) < 4.78 is 5.03. The highest BCUT2D eigenvalue weighted by Crippen LogP contribution is 2.26. The monoisotopic (exact) mass is 320 g/mol. The summed E-state index contributed by atoms with van der Waals surface area (Å²) in [6.45, 7) is 1.02. The summed E-state index contributed by atoms with van der Waals surface area (Å²) in [5.41, 5.74) is 0.864. The highest BCUT2D eigenvalue weighted by molar-refractivity contribution is 7.09. The summed E-state index contributed by atoms with van der Waals surface area (Å²) in [4.78, 5) is 13.0. The van der Waals surface area contributed by atoms with Crippen LogP contribution >= 0.6 is 11.3 Å². The molecule has 0 spiro atoms. The topological polar surface area (TPSA) is 70.6 Å². The zero-order valence-corrected chi connectivity index (χ0v) is 13.3. The van der Waals surface area contributed by atoms with Crippen LogP contribution in [-0.4, -0.2) is 24.8 Å². The van der Waals surface area contributed by atoms with Gasteiger partial charge in [-0.3, -0.25) is 0 Å². The highest BCUT2D eigenvalue weighted by Gasteiger charge is 2.04. The van der Waals surface area contributed by atoms with Crippen molar-refractivity contribution in [3.63, 3.8) is 0 Å². The Morgan fingerprint density at radius 1 is 1.32 bits per heavy atom. The van der Waals surface area contributed by atoms with Crippen LogP contribution in [0.2, 0.25) is 0 Å². The molecule has 0 aliphatic carbocycles. The van der Waals surface area contributed by atoms with Crippen LogP contribution in [0.4, 0.5) is 4.79 Å². The molecular weight excluding hydrogens is 300 g/mol. The SMILES string of the molecule is COc1cc(CNC(=O)NCCCc2cccs2)ccc1O. The lowest BCUT2D eigenvalue weighted by Crippen LogP contribution is -2.35. The molecule has 0 aliphatic heterocycles. The first kappa shape index (κ1) is 16.2. The van der Waals surface area contributed by atoms with Gasteiger partial charge >= 0.3 is 6.03 Å². The van der Waals surface area contributed by atoms with Gasteiger partial charge in [-0.25, -0.2) is 4.79 Å². The molecule has 2 rings (SSSR count). The Morgan fingerprint density at radius 2 is 2.18 bits per heavy atom.